The van der Waals surface area contributed by atoms with E-state index in [1.807, 2.05) is 13.8 Å². The third-order valence-corrected chi connectivity index (χ3v) is 19.7. The molecule has 3 aliphatic rings. The quantitative estimate of drug-likeness (QED) is 0.0228. The van der Waals surface area contributed by atoms with Gasteiger partial charge in [-0.2, -0.15) is 9.05 Å². The summed E-state index contributed by atoms with van der Waals surface area (Å²) in [6.45, 7) is 0.420. The molecule has 1 amide bonds. The molecular formula is C56H109NO31P4S4-2. The molecule has 3 saturated heterocycles. The van der Waals surface area contributed by atoms with Crippen molar-refractivity contribution in [1.82, 2.24) is 5.32 Å². The zero-order valence-electron chi connectivity index (χ0n) is 55.7. The average molecular weight is 1540 g/mol. The Balaban J connectivity index is 0.00000176. The van der Waals surface area contributed by atoms with Gasteiger partial charge in [0.05, 0.1) is 104 Å². The van der Waals surface area contributed by atoms with E-state index in [1.165, 1.54) is 14.0 Å². The summed E-state index contributed by atoms with van der Waals surface area (Å²) in [6, 6.07) is -1.08. The molecule has 3 heterocycles. The first kappa shape index (κ1) is 94.6. The minimum atomic E-state index is -3.87. The van der Waals surface area contributed by atoms with Gasteiger partial charge in [-0.3, -0.25) is 4.79 Å². The number of nitrogens with one attached hydrogen (secondary N) is 1. The van der Waals surface area contributed by atoms with Crippen LogP contribution in [-0.4, -0.2) is 277 Å². The lowest BCUT2D eigenvalue weighted by molar-refractivity contribution is -0.282. The Labute approximate surface area is 587 Å². The van der Waals surface area contributed by atoms with E-state index in [4.69, 9.17) is 109 Å². The van der Waals surface area contributed by atoms with Gasteiger partial charge in [0.25, 0.3) is 0 Å². The largest absolute Gasteiger partial charge is 0.780 e. The fourth-order valence-corrected chi connectivity index (χ4v) is 12.4. The molecule has 3 fully saturated rings. The molecule has 3 aliphatic heterocycles. The highest BCUT2D eigenvalue weighted by Crippen LogP contribution is 2.40. The van der Waals surface area contributed by atoms with E-state index < -0.39 is 126 Å². The average Bonchev–Trinajstić information content (AvgIpc) is 1.10. The van der Waals surface area contributed by atoms with E-state index in [0.717, 1.165) is 25.7 Å². The molecule has 96 heavy (non-hydrogen) atoms. The van der Waals surface area contributed by atoms with Crippen LogP contribution in [0.15, 0.2) is 0 Å². The molecule has 32 nitrogen and oxygen atoms in total. The summed E-state index contributed by atoms with van der Waals surface area (Å²) in [4.78, 5) is 37.3. The Bertz CT molecular complexity index is 2110. The van der Waals surface area contributed by atoms with Gasteiger partial charge in [0.15, 0.2) is 18.9 Å². The molecule has 0 aromatic carbocycles. The lowest BCUT2D eigenvalue weighted by Crippen LogP contribution is -2.64. The van der Waals surface area contributed by atoms with E-state index in [2.05, 4.69) is 34.3 Å². The lowest BCUT2D eigenvalue weighted by Gasteiger charge is -2.42. The normalized spacial score (nSPS) is 28.2. The molecule has 0 aromatic rings. The van der Waals surface area contributed by atoms with Crippen LogP contribution in [0.5, 0.6) is 0 Å². The fraction of sp³-hybridized carbons (Fsp3) is 0.982. The highest BCUT2D eigenvalue weighted by Gasteiger charge is 2.46. The number of ether oxygens (including phenoxy) is 10. The Morgan fingerprint density at radius 1 is 0.479 bits per heavy atom. The van der Waals surface area contributed by atoms with Crippen LogP contribution in [0.2, 0.25) is 0 Å². The fourth-order valence-electron chi connectivity index (χ4n) is 9.40. The van der Waals surface area contributed by atoms with Crippen LogP contribution in [0.3, 0.4) is 0 Å². The van der Waals surface area contributed by atoms with Crippen LogP contribution in [0, 0.1) is 23.2 Å². The van der Waals surface area contributed by atoms with Crippen molar-refractivity contribution in [1.29, 1.82) is 0 Å². The third-order valence-electron chi connectivity index (χ3n) is 15.0. The van der Waals surface area contributed by atoms with E-state index in [1.54, 1.807) is 6.92 Å². The van der Waals surface area contributed by atoms with Gasteiger partial charge in [-0.05, 0) is 70.6 Å². The SMILES string of the molecule is CC(=O)N[C@@H]1C(OCCCCOP([O-])(=S)OCCCOCC(COCCCCCCO)(COCCCO[P+](=O)[S-])COCCCOP([O-])(=S)OCCCCO[C@@H]2OC(CO)[C@H](O)C(O)[C@@H]2C)OC(CO)[C@H](O)[C@@H]1O.CC1[C@H](OCCCCO)OC(CO)[C@H](C)[C@@H]1O.CO[P+](=O)[S-]. The second-order valence-corrected chi connectivity index (χ2v) is 31.8. The topological polar surface area (TPSA) is 459 Å². The molecule has 570 valence electrons. The van der Waals surface area contributed by atoms with Gasteiger partial charge in [0, 0.05) is 84.1 Å². The first-order valence-electron chi connectivity index (χ1n) is 32.2. The highest BCUT2D eigenvalue weighted by atomic mass is 32.7. The number of aliphatic hydroxyl groups excluding tert-OH is 10. The van der Waals surface area contributed by atoms with E-state index >= 15 is 0 Å². The van der Waals surface area contributed by atoms with Gasteiger partial charge in [-0.25, -0.2) is 0 Å². The maximum atomic E-state index is 12.8. The van der Waals surface area contributed by atoms with Crippen molar-refractivity contribution >= 4 is 81.9 Å². The molecule has 0 radical (unpaired) electrons. The number of carbonyl (C=O) groups is 1. The summed E-state index contributed by atoms with van der Waals surface area (Å²) >= 11 is 18.8. The molecule has 0 aromatic heterocycles. The first-order valence-corrected chi connectivity index (χ1v) is 41.7. The summed E-state index contributed by atoms with van der Waals surface area (Å²) in [7, 11) is -2.63. The summed E-state index contributed by atoms with van der Waals surface area (Å²) in [6.07, 6.45) is -3.41. The smallest absolute Gasteiger partial charge is 0.372 e. The van der Waals surface area contributed by atoms with E-state index in [-0.39, 0.29) is 137 Å². The van der Waals surface area contributed by atoms with Crippen LogP contribution < -0.4 is 15.1 Å². The summed E-state index contributed by atoms with van der Waals surface area (Å²) < 4.78 is 109. The van der Waals surface area contributed by atoms with Crippen LogP contribution in [0.4, 0.5) is 0 Å². The first-order chi connectivity index (χ1) is 45.7. The van der Waals surface area contributed by atoms with Gasteiger partial charge in [-0.1, -0.05) is 66.4 Å². The van der Waals surface area contributed by atoms with Crippen LogP contribution >= 0.6 is 27.9 Å². The van der Waals surface area contributed by atoms with Gasteiger partial charge in [-0.15, -0.1) is 0 Å². The summed E-state index contributed by atoms with van der Waals surface area (Å²) in [5, 5.41) is 99.2. The van der Waals surface area contributed by atoms with Crippen LogP contribution in [0.25, 0.3) is 0 Å². The van der Waals surface area contributed by atoms with Crippen molar-refractivity contribution in [2.45, 2.75) is 185 Å². The monoisotopic (exact) mass is 1540 g/mol. The summed E-state index contributed by atoms with van der Waals surface area (Å²) in [5.41, 5.74) is -0.838. The molecule has 0 aliphatic carbocycles. The van der Waals surface area contributed by atoms with Crippen LogP contribution in [-0.2, 0) is 137 Å². The van der Waals surface area contributed by atoms with E-state index in [0.29, 0.717) is 64.6 Å². The molecule has 0 bridgehead atoms. The molecular weight excluding hydrogens is 1430 g/mol. The summed E-state index contributed by atoms with van der Waals surface area (Å²) in [5.74, 6) is -1.21. The Morgan fingerprint density at radius 3 is 1.25 bits per heavy atom. The molecule has 11 unspecified atom stereocenters. The Hall–Kier alpha value is 0.550. The predicted molar refractivity (Wildman–Crippen MR) is 355 cm³/mol. The number of rotatable bonds is 53. The Kier molecular flexibility index (Phi) is 55.1. The zero-order chi connectivity index (χ0) is 72.0. The predicted octanol–water partition coefficient (Wildman–Crippen LogP) is 0.794. The Morgan fingerprint density at radius 2 is 0.823 bits per heavy atom. The molecule has 0 spiro atoms. The van der Waals surface area contributed by atoms with Gasteiger partial charge < -0.3 is 156 Å². The van der Waals surface area contributed by atoms with Gasteiger partial charge >= 0.3 is 14.5 Å². The second-order valence-electron chi connectivity index (χ2n) is 23.0. The van der Waals surface area contributed by atoms with Crippen molar-refractivity contribution in [3.63, 3.8) is 0 Å². The third kappa shape index (κ3) is 41.9. The lowest BCUT2D eigenvalue weighted by atomic mass is 9.86. The number of unbranched alkanes of at least 4 members (excludes halogenated alkanes) is 6. The van der Waals surface area contributed by atoms with Crippen molar-refractivity contribution in [2.24, 2.45) is 23.2 Å². The molecule has 0 saturated carbocycles. The maximum Gasteiger partial charge on any atom is 0.372 e. The number of hydrogen-bond donors (Lipinski definition) is 11. The van der Waals surface area contributed by atoms with Crippen LogP contribution in [0.1, 0.15) is 111 Å². The highest BCUT2D eigenvalue weighted by molar-refractivity contribution is 8.26. The minimum Gasteiger partial charge on any atom is -0.780 e. The minimum absolute atomic E-state index is 0.0245. The van der Waals surface area contributed by atoms with Crippen molar-refractivity contribution in [3.8, 4) is 0 Å². The number of amides is 1. The number of aliphatic hydroxyl groups is 10. The van der Waals surface area contributed by atoms with Crippen molar-refractivity contribution in [3.05, 3.63) is 0 Å². The zero-order valence-corrected chi connectivity index (χ0v) is 62.5. The standard InChI is InChI=1S/C43H84NO24P3S3.C12H24O5.CH3O2PS/c1-32-37(49)38(50)34(26-46)67-41(32)60-19-7-9-22-63-70(54,73)65-24-12-17-58-30-43(28-56-15-6-4-3-5-14-45,29-57-16-11-21-62-69(53)72)31-59-18-13-25-66-71(55,74)64-23-10-8-20-61-42-36(44-33(2)48)40(52)39(51)35(27-47)68-42;1-8-10(7-14)17-12(9(2)11(8)15)16-6-4-3-5-13;1-3-4(2)5/h32,34-42,45-47,49-52H,3-31H2,1-2H3,(H,44,48)(H,54,73)(H,55,74);8-15H,3-7H2,1-2H3;1H3/p-2/t32-,34?,35?,36-,37?,38-,39-,40+,41+,42?,43?,70?,71?;8-,9?,10?,11-,12+;/m00./s1. The molecule has 11 N–H and O–H groups in total. The van der Waals surface area contributed by atoms with Gasteiger partial charge in [0.2, 0.25) is 5.91 Å². The molecule has 20 atom stereocenters. The van der Waals surface area contributed by atoms with E-state index in [9.17, 15) is 59.5 Å². The second kappa shape index (κ2) is 56.0. The van der Waals surface area contributed by atoms with Gasteiger partial charge in [0.1, 0.15) is 56.6 Å². The van der Waals surface area contributed by atoms with Crippen molar-refractivity contribution < 1.29 is 149 Å². The molecule has 3 rings (SSSR count). The maximum absolute atomic E-state index is 12.8. The number of carbonyl (C=O) groups excluding carboxylic acids is 1. The van der Waals surface area contributed by atoms with Crippen molar-refractivity contribution in [2.75, 3.05) is 146 Å². The number of hydrogen-bond acceptors (Lipinski definition) is 35. The molecule has 40 heteroatoms.